The molecule has 0 aromatic heterocycles. The Morgan fingerprint density at radius 3 is 2.31 bits per heavy atom. The van der Waals surface area contributed by atoms with Crippen molar-refractivity contribution in [3.8, 4) is 11.5 Å². The van der Waals surface area contributed by atoms with Gasteiger partial charge in [0.15, 0.2) is 0 Å². The molecule has 0 saturated heterocycles. The van der Waals surface area contributed by atoms with Gasteiger partial charge in [0.2, 0.25) is 5.75 Å². The maximum absolute atomic E-state index is 11.3. The van der Waals surface area contributed by atoms with E-state index in [2.05, 4.69) is 5.32 Å². The van der Waals surface area contributed by atoms with E-state index in [4.69, 9.17) is 4.74 Å². The van der Waals surface area contributed by atoms with Gasteiger partial charge in [-0.2, -0.15) is 0 Å². The van der Waals surface area contributed by atoms with Crippen molar-refractivity contribution in [3.05, 3.63) is 97.6 Å². The van der Waals surface area contributed by atoms with Crippen LogP contribution in [0.2, 0.25) is 0 Å². The number of nitrogens with one attached hydrogen (secondary N) is 1. The number of nitrogens with zero attached hydrogens (tertiary/aromatic N) is 2. The highest BCUT2D eigenvalue weighted by Gasteiger charge is 2.21. The summed E-state index contributed by atoms with van der Waals surface area (Å²) >= 11 is 0. The number of hydrogen-bond acceptors (Lipinski definition) is 6. The molecule has 1 N–H and O–H groups in total. The Labute approximate surface area is 167 Å². The Balaban J connectivity index is 1.85. The van der Waals surface area contributed by atoms with E-state index in [0.717, 1.165) is 17.3 Å². The van der Waals surface area contributed by atoms with Crippen molar-refractivity contribution < 1.29 is 14.6 Å². The maximum atomic E-state index is 11.3. The smallest absolute Gasteiger partial charge is 0.318 e. The van der Waals surface area contributed by atoms with Crippen LogP contribution in [0.3, 0.4) is 0 Å². The van der Waals surface area contributed by atoms with Crippen molar-refractivity contribution in [2.45, 2.75) is 20.4 Å². The molecular formula is C21H19N3O5. The zero-order chi connectivity index (χ0) is 21.0. The molecule has 3 aromatic carbocycles. The fraction of sp³-hybridized carbons (Fsp3) is 0.143. The number of ether oxygens (including phenoxy) is 1. The Morgan fingerprint density at radius 1 is 0.862 bits per heavy atom. The highest BCUT2D eigenvalue weighted by molar-refractivity contribution is 5.56. The van der Waals surface area contributed by atoms with Gasteiger partial charge in [-0.25, -0.2) is 0 Å². The number of aryl methyl sites for hydroxylation is 2. The number of non-ortho nitro benzene ring substituents is 1. The molecule has 0 atom stereocenters. The standard InChI is InChI=1S/C21H19N3O5/c1-14-7-8-17(11-15(14)2)22-13-16-5-3-4-6-20(16)29-21-10-9-18(23(25)26)12-19(21)24(27)28/h3-12,22H,13H2,1-2H3. The second-order valence-corrected chi connectivity index (χ2v) is 6.53. The molecule has 0 aliphatic heterocycles. The van der Waals surface area contributed by atoms with Gasteiger partial charge < -0.3 is 10.1 Å². The maximum Gasteiger partial charge on any atom is 0.318 e. The second-order valence-electron chi connectivity index (χ2n) is 6.53. The average Bonchev–Trinajstić information content (AvgIpc) is 2.69. The number of nitro groups is 2. The first kappa shape index (κ1) is 19.8. The van der Waals surface area contributed by atoms with Gasteiger partial charge in [0.05, 0.1) is 15.9 Å². The average molecular weight is 393 g/mol. The Hall–Kier alpha value is -3.94. The molecule has 0 saturated carbocycles. The lowest BCUT2D eigenvalue weighted by Crippen LogP contribution is -2.02. The second kappa shape index (κ2) is 8.39. The van der Waals surface area contributed by atoms with Crippen LogP contribution in [0, 0.1) is 34.1 Å². The molecule has 0 heterocycles. The van der Waals surface area contributed by atoms with E-state index in [1.165, 1.54) is 23.3 Å². The van der Waals surface area contributed by atoms with Crippen LogP contribution in [0.5, 0.6) is 11.5 Å². The van der Waals surface area contributed by atoms with E-state index in [1.54, 1.807) is 12.1 Å². The summed E-state index contributed by atoms with van der Waals surface area (Å²) in [5.41, 5.74) is 3.28. The summed E-state index contributed by atoms with van der Waals surface area (Å²) < 4.78 is 5.76. The van der Waals surface area contributed by atoms with Crippen molar-refractivity contribution in [2.75, 3.05) is 5.32 Å². The van der Waals surface area contributed by atoms with Crippen LogP contribution in [0.4, 0.5) is 17.1 Å². The van der Waals surface area contributed by atoms with Gasteiger partial charge >= 0.3 is 5.69 Å². The van der Waals surface area contributed by atoms with Gasteiger partial charge in [0, 0.05) is 23.9 Å². The predicted octanol–water partition coefficient (Wildman–Crippen LogP) is 5.52. The molecule has 0 aliphatic carbocycles. The topological polar surface area (TPSA) is 108 Å². The number of anilines is 1. The fourth-order valence-corrected chi connectivity index (χ4v) is 2.76. The van der Waals surface area contributed by atoms with Crippen LogP contribution in [0.25, 0.3) is 0 Å². The number of rotatable bonds is 7. The monoisotopic (exact) mass is 393 g/mol. The van der Waals surface area contributed by atoms with E-state index >= 15 is 0 Å². The molecule has 0 aliphatic rings. The van der Waals surface area contributed by atoms with Gasteiger partial charge in [0.25, 0.3) is 5.69 Å². The SMILES string of the molecule is Cc1ccc(NCc2ccccc2Oc2ccc([N+](=O)[O-])cc2[N+](=O)[O-])cc1C. The Morgan fingerprint density at radius 2 is 1.62 bits per heavy atom. The fourth-order valence-electron chi connectivity index (χ4n) is 2.76. The van der Waals surface area contributed by atoms with E-state index in [9.17, 15) is 20.2 Å². The third kappa shape index (κ3) is 4.67. The van der Waals surface area contributed by atoms with Gasteiger partial charge in [-0.3, -0.25) is 20.2 Å². The quantitative estimate of drug-likeness (QED) is 0.418. The largest absolute Gasteiger partial charge is 0.450 e. The molecule has 0 unspecified atom stereocenters. The zero-order valence-electron chi connectivity index (χ0n) is 15.9. The Kier molecular flexibility index (Phi) is 5.73. The van der Waals surface area contributed by atoms with E-state index in [0.29, 0.717) is 12.3 Å². The molecule has 8 heteroatoms. The normalized spacial score (nSPS) is 10.4. The number of benzene rings is 3. The van der Waals surface area contributed by atoms with Crippen LogP contribution in [-0.4, -0.2) is 9.85 Å². The molecule has 29 heavy (non-hydrogen) atoms. The number of nitro benzene ring substituents is 2. The van der Waals surface area contributed by atoms with Gasteiger partial charge in [-0.05, 0) is 49.2 Å². The minimum absolute atomic E-state index is 0.0563. The van der Waals surface area contributed by atoms with Gasteiger partial charge in [-0.15, -0.1) is 0 Å². The summed E-state index contributed by atoms with van der Waals surface area (Å²) in [5.74, 6) is 0.375. The van der Waals surface area contributed by atoms with Crippen LogP contribution in [0.15, 0.2) is 60.7 Å². The summed E-state index contributed by atoms with van der Waals surface area (Å²) in [6.45, 7) is 4.52. The van der Waals surface area contributed by atoms with Crippen LogP contribution in [-0.2, 0) is 6.54 Å². The first-order valence-corrected chi connectivity index (χ1v) is 8.85. The molecule has 8 nitrogen and oxygen atoms in total. The van der Waals surface area contributed by atoms with E-state index in [1.807, 2.05) is 44.2 Å². The highest BCUT2D eigenvalue weighted by atomic mass is 16.6. The van der Waals surface area contributed by atoms with Gasteiger partial charge in [-0.1, -0.05) is 24.3 Å². The number of hydrogen-bond donors (Lipinski definition) is 1. The van der Waals surface area contributed by atoms with Crippen LogP contribution in [0.1, 0.15) is 16.7 Å². The first-order valence-electron chi connectivity index (χ1n) is 8.85. The molecule has 0 bridgehead atoms. The minimum Gasteiger partial charge on any atom is -0.450 e. The summed E-state index contributed by atoms with van der Waals surface area (Å²) in [6, 6.07) is 16.5. The third-order valence-corrected chi connectivity index (χ3v) is 4.53. The van der Waals surface area contributed by atoms with Crippen molar-refractivity contribution in [3.63, 3.8) is 0 Å². The molecule has 0 radical (unpaired) electrons. The zero-order valence-corrected chi connectivity index (χ0v) is 15.9. The van der Waals surface area contributed by atoms with Crippen molar-refractivity contribution in [1.82, 2.24) is 0 Å². The summed E-state index contributed by atoms with van der Waals surface area (Å²) in [4.78, 5) is 20.9. The summed E-state index contributed by atoms with van der Waals surface area (Å²) in [6.07, 6.45) is 0. The molecule has 0 fully saturated rings. The van der Waals surface area contributed by atoms with E-state index in [-0.39, 0.29) is 11.4 Å². The highest BCUT2D eigenvalue weighted by Crippen LogP contribution is 2.35. The lowest BCUT2D eigenvalue weighted by molar-refractivity contribution is -0.394. The molecule has 3 aromatic rings. The van der Waals surface area contributed by atoms with Gasteiger partial charge in [0.1, 0.15) is 5.75 Å². The molecule has 0 spiro atoms. The molecule has 148 valence electrons. The number of para-hydroxylation sites is 1. The summed E-state index contributed by atoms with van der Waals surface area (Å²) in [7, 11) is 0. The Bertz CT molecular complexity index is 1080. The van der Waals surface area contributed by atoms with Crippen LogP contribution < -0.4 is 10.1 Å². The lowest BCUT2D eigenvalue weighted by Gasteiger charge is -2.13. The molecular weight excluding hydrogens is 374 g/mol. The van der Waals surface area contributed by atoms with E-state index < -0.39 is 15.5 Å². The molecule has 0 amide bonds. The van der Waals surface area contributed by atoms with Crippen LogP contribution >= 0.6 is 0 Å². The van der Waals surface area contributed by atoms with Crippen molar-refractivity contribution in [2.24, 2.45) is 0 Å². The molecule has 3 rings (SSSR count). The predicted molar refractivity (Wildman–Crippen MR) is 110 cm³/mol. The van der Waals surface area contributed by atoms with Crippen molar-refractivity contribution >= 4 is 17.1 Å². The minimum atomic E-state index is -0.696. The third-order valence-electron chi connectivity index (χ3n) is 4.53. The first-order chi connectivity index (χ1) is 13.8. The van der Waals surface area contributed by atoms with Crippen molar-refractivity contribution in [1.29, 1.82) is 0 Å². The summed E-state index contributed by atoms with van der Waals surface area (Å²) in [5, 5.41) is 25.5. The lowest BCUT2D eigenvalue weighted by atomic mass is 10.1.